The highest BCUT2D eigenvalue weighted by molar-refractivity contribution is 6.23. The van der Waals surface area contributed by atoms with E-state index in [1.807, 2.05) is 6.07 Å². The SMILES string of the molecule is COCC(=O)N1CCCc2ccc(-n3c(N)c4c(cc3=O)C(=O)NC4=O)cc21. The number of ether oxygens (including phenoxy) is 1. The van der Waals surface area contributed by atoms with Crippen LogP contribution in [-0.2, 0) is 16.0 Å². The highest BCUT2D eigenvalue weighted by atomic mass is 16.5. The van der Waals surface area contributed by atoms with Gasteiger partial charge in [0.25, 0.3) is 23.3 Å². The number of anilines is 2. The van der Waals surface area contributed by atoms with Gasteiger partial charge < -0.3 is 15.4 Å². The third-order valence-corrected chi connectivity index (χ3v) is 4.97. The fourth-order valence-corrected chi connectivity index (χ4v) is 3.71. The predicted octanol–water partition coefficient (Wildman–Crippen LogP) is 0.229. The fourth-order valence-electron chi connectivity index (χ4n) is 3.71. The van der Waals surface area contributed by atoms with E-state index < -0.39 is 17.4 Å². The number of aryl methyl sites for hydroxylation is 1. The molecule has 1 aromatic heterocycles. The van der Waals surface area contributed by atoms with Crippen LogP contribution < -0.4 is 21.5 Å². The minimum absolute atomic E-state index is 0.0189. The van der Waals surface area contributed by atoms with E-state index in [2.05, 4.69) is 5.32 Å². The fraction of sp³-hybridized carbons (Fsp3) is 0.263. The Morgan fingerprint density at radius 3 is 2.75 bits per heavy atom. The van der Waals surface area contributed by atoms with E-state index in [0.29, 0.717) is 17.9 Å². The van der Waals surface area contributed by atoms with E-state index >= 15 is 0 Å². The highest BCUT2D eigenvalue weighted by Gasteiger charge is 2.32. The van der Waals surface area contributed by atoms with Crippen LogP contribution in [0.25, 0.3) is 5.69 Å². The minimum Gasteiger partial charge on any atom is -0.384 e. The number of hydrogen-bond donors (Lipinski definition) is 2. The van der Waals surface area contributed by atoms with Crippen molar-refractivity contribution in [3.63, 3.8) is 0 Å². The number of nitrogen functional groups attached to an aromatic ring is 1. The Labute approximate surface area is 159 Å². The van der Waals surface area contributed by atoms with Crippen molar-refractivity contribution in [1.29, 1.82) is 0 Å². The summed E-state index contributed by atoms with van der Waals surface area (Å²) in [5.74, 6) is -1.57. The maximum absolute atomic E-state index is 12.6. The number of rotatable bonds is 3. The molecule has 0 atom stereocenters. The van der Waals surface area contributed by atoms with Gasteiger partial charge in [-0.05, 0) is 30.5 Å². The summed E-state index contributed by atoms with van der Waals surface area (Å²) in [6, 6.07) is 6.34. The molecular formula is C19H18N4O5. The number of pyridine rings is 1. The van der Waals surface area contributed by atoms with E-state index in [4.69, 9.17) is 10.5 Å². The van der Waals surface area contributed by atoms with Gasteiger partial charge in [0, 0.05) is 25.4 Å². The average Bonchev–Trinajstić information content (AvgIpc) is 2.95. The van der Waals surface area contributed by atoms with Gasteiger partial charge in [-0.15, -0.1) is 0 Å². The zero-order valence-electron chi connectivity index (χ0n) is 15.2. The number of nitrogens with one attached hydrogen (secondary N) is 1. The van der Waals surface area contributed by atoms with Gasteiger partial charge in [0.05, 0.1) is 16.8 Å². The summed E-state index contributed by atoms with van der Waals surface area (Å²) >= 11 is 0. The molecule has 0 aliphatic carbocycles. The molecule has 1 aromatic carbocycles. The second kappa shape index (κ2) is 6.61. The summed E-state index contributed by atoms with van der Waals surface area (Å²) in [7, 11) is 1.45. The first-order valence-corrected chi connectivity index (χ1v) is 8.76. The molecule has 0 radical (unpaired) electrons. The number of fused-ring (bicyclic) bond motifs is 2. The Morgan fingerprint density at radius 1 is 1.21 bits per heavy atom. The van der Waals surface area contributed by atoms with Crippen molar-refractivity contribution in [2.24, 2.45) is 0 Å². The largest absolute Gasteiger partial charge is 0.384 e. The summed E-state index contributed by atoms with van der Waals surface area (Å²) in [6.07, 6.45) is 1.63. The number of amides is 3. The lowest BCUT2D eigenvalue weighted by Crippen LogP contribution is -2.38. The number of hydrogen-bond acceptors (Lipinski definition) is 6. The Balaban J connectivity index is 1.86. The van der Waals surface area contributed by atoms with Gasteiger partial charge in [0.15, 0.2) is 0 Å². The number of methoxy groups -OCH3 is 1. The van der Waals surface area contributed by atoms with Gasteiger partial charge in [-0.1, -0.05) is 6.07 Å². The molecule has 2 aromatic rings. The standard InChI is InChI=1S/C19H18N4O5/c1-28-9-15(25)22-6-2-3-10-4-5-11(7-13(10)22)23-14(24)8-12-16(17(23)20)19(27)21-18(12)26/h4-5,7-8H,2-3,6,9,20H2,1H3,(H,21,26,27). The van der Waals surface area contributed by atoms with Crippen LogP contribution in [0.4, 0.5) is 11.5 Å². The first-order chi connectivity index (χ1) is 13.4. The van der Waals surface area contributed by atoms with E-state index in [9.17, 15) is 19.2 Å². The summed E-state index contributed by atoms with van der Waals surface area (Å²) in [5.41, 5.74) is 7.57. The molecule has 3 amide bonds. The summed E-state index contributed by atoms with van der Waals surface area (Å²) in [4.78, 5) is 50.5. The molecule has 2 aliphatic rings. The molecular weight excluding hydrogens is 364 g/mol. The summed E-state index contributed by atoms with van der Waals surface area (Å²) < 4.78 is 6.13. The van der Waals surface area contributed by atoms with E-state index in [1.165, 1.54) is 11.7 Å². The molecule has 3 N–H and O–H groups in total. The predicted molar refractivity (Wildman–Crippen MR) is 101 cm³/mol. The zero-order chi connectivity index (χ0) is 20.0. The lowest BCUT2D eigenvalue weighted by molar-refractivity contribution is -0.122. The molecule has 0 saturated carbocycles. The van der Waals surface area contributed by atoms with Gasteiger partial charge in [-0.2, -0.15) is 0 Å². The minimum atomic E-state index is -0.641. The Hall–Kier alpha value is -3.46. The number of nitrogens with two attached hydrogens (primary N) is 1. The van der Waals surface area contributed by atoms with E-state index in [-0.39, 0.29) is 29.5 Å². The first-order valence-electron chi connectivity index (χ1n) is 8.76. The van der Waals surface area contributed by atoms with Crippen LogP contribution in [0.15, 0.2) is 29.1 Å². The van der Waals surface area contributed by atoms with Crippen molar-refractivity contribution in [2.75, 3.05) is 30.9 Å². The van der Waals surface area contributed by atoms with Crippen molar-refractivity contribution < 1.29 is 19.1 Å². The normalized spacial score (nSPS) is 15.2. The smallest absolute Gasteiger partial charge is 0.262 e. The number of imide groups is 1. The second-order valence-electron chi connectivity index (χ2n) is 6.67. The van der Waals surface area contributed by atoms with Crippen molar-refractivity contribution in [3.05, 3.63) is 51.3 Å². The lowest BCUT2D eigenvalue weighted by Gasteiger charge is -2.30. The monoisotopic (exact) mass is 382 g/mol. The number of carbonyl (C=O) groups excluding carboxylic acids is 3. The van der Waals surface area contributed by atoms with Crippen LogP contribution in [-0.4, -0.2) is 42.6 Å². The molecule has 3 heterocycles. The third-order valence-electron chi connectivity index (χ3n) is 4.97. The maximum atomic E-state index is 12.6. The first kappa shape index (κ1) is 17.9. The van der Waals surface area contributed by atoms with Gasteiger partial charge in [0.2, 0.25) is 0 Å². The van der Waals surface area contributed by atoms with Gasteiger partial charge in [-0.25, -0.2) is 0 Å². The molecule has 0 spiro atoms. The van der Waals surface area contributed by atoms with E-state index in [0.717, 1.165) is 24.5 Å². The van der Waals surface area contributed by atoms with Gasteiger partial charge in [-0.3, -0.25) is 29.1 Å². The lowest BCUT2D eigenvalue weighted by atomic mass is 10.0. The Kier molecular flexibility index (Phi) is 4.23. The molecule has 28 heavy (non-hydrogen) atoms. The topological polar surface area (TPSA) is 124 Å². The van der Waals surface area contributed by atoms with Crippen LogP contribution in [0.1, 0.15) is 32.7 Å². The van der Waals surface area contributed by atoms with Crippen molar-refractivity contribution >= 4 is 29.2 Å². The van der Waals surface area contributed by atoms with Crippen molar-refractivity contribution in [2.45, 2.75) is 12.8 Å². The third kappa shape index (κ3) is 2.67. The molecule has 0 fully saturated rings. The number of nitrogens with zero attached hydrogens (tertiary/aromatic N) is 2. The molecule has 2 aliphatic heterocycles. The zero-order valence-corrected chi connectivity index (χ0v) is 15.2. The second-order valence-corrected chi connectivity index (χ2v) is 6.67. The van der Waals surface area contributed by atoms with Crippen LogP contribution >= 0.6 is 0 Å². The van der Waals surface area contributed by atoms with Crippen LogP contribution in [0, 0.1) is 0 Å². The summed E-state index contributed by atoms with van der Waals surface area (Å²) in [6.45, 7) is 0.497. The summed E-state index contributed by atoms with van der Waals surface area (Å²) in [5, 5.41) is 2.14. The van der Waals surface area contributed by atoms with Gasteiger partial charge in [0.1, 0.15) is 12.4 Å². The van der Waals surface area contributed by atoms with Crippen molar-refractivity contribution in [1.82, 2.24) is 9.88 Å². The molecule has 4 rings (SSSR count). The number of aromatic nitrogens is 1. The molecule has 9 heteroatoms. The highest BCUT2D eigenvalue weighted by Crippen LogP contribution is 2.31. The number of benzene rings is 1. The molecule has 0 bridgehead atoms. The van der Waals surface area contributed by atoms with Gasteiger partial charge >= 0.3 is 0 Å². The van der Waals surface area contributed by atoms with Crippen LogP contribution in [0.3, 0.4) is 0 Å². The number of carbonyl (C=O) groups is 3. The van der Waals surface area contributed by atoms with E-state index in [1.54, 1.807) is 17.0 Å². The molecule has 9 nitrogen and oxygen atoms in total. The van der Waals surface area contributed by atoms with Crippen LogP contribution in [0.5, 0.6) is 0 Å². The van der Waals surface area contributed by atoms with Crippen LogP contribution in [0.2, 0.25) is 0 Å². The van der Waals surface area contributed by atoms with Crippen molar-refractivity contribution in [3.8, 4) is 5.69 Å². The molecule has 144 valence electrons. The maximum Gasteiger partial charge on any atom is 0.262 e. The Morgan fingerprint density at radius 2 is 2.00 bits per heavy atom. The average molecular weight is 382 g/mol. The quantitative estimate of drug-likeness (QED) is 0.733. The molecule has 0 saturated heterocycles. The molecule has 0 unspecified atom stereocenters. The Bertz CT molecular complexity index is 1090.